The molecular formula is C17H16BrNO5. The Bertz CT molecular complexity index is 919. The van der Waals surface area contributed by atoms with Gasteiger partial charge in [0.05, 0.1) is 5.41 Å². The molecule has 0 aliphatic carbocycles. The lowest BCUT2D eigenvalue weighted by Gasteiger charge is -2.20. The monoisotopic (exact) mass is 393 g/mol. The highest BCUT2D eigenvalue weighted by Crippen LogP contribution is 2.32. The number of rotatable bonds is 2. The highest BCUT2D eigenvalue weighted by Gasteiger charge is 2.43. The summed E-state index contributed by atoms with van der Waals surface area (Å²) in [4.78, 5) is 37.8. The van der Waals surface area contributed by atoms with Crippen molar-refractivity contribution in [2.24, 2.45) is 5.41 Å². The van der Waals surface area contributed by atoms with E-state index in [9.17, 15) is 19.5 Å². The first-order valence-corrected chi connectivity index (χ1v) is 8.28. The third-order valence-corrected chi connectivity index (χ3v) is 5.11. The number of carboxylic acid groups (broad SMARTS) is 1. The van der Waals surface area contributed by atoms with E-state index in [-0.39, 0.29) is 12.1 Å². The number of carbonyl (C=O) groups excluding carboxylic acids is 1. The Morgan fingerprint density at radius 1 is 1.38 bits per heavy atom. The number of aryl methyl sites for hydroxylation is 1. The number of carboxylic acids is 1. The van der Waals surface area contributed by atoms with Crippen molar-refractivity contribution in [1.82, 2.24) is 4.90 Å². The van der Waals surface area contributed by atoms with E-state index in [0.717, 1.165) is 4.47 Å². The standard InChI is InChI=1S/C17H16BrNO5/c1-9-11-7-10(18)3-4-12(11)24-15(21)13(9)14(20)19-6-5-17(2,8-19)16(22)23/h3-4,7H,5-6,8H2,1-2H3,(H,22,23). The van der Waals surface area contributed by atoms with Crippen LogP contribution < -0.4 is 5.63 Å². The Morgan fingerprint density at radius 2 is 2.08 bits per heavy atom. The van der Waals surface area contributed by atoms with Gasteiger partial charge in [0.2, 0.25) is 0 Å². The highest BCUT2D eigenvalue weighted by atomic mass is 79.9. The van der Waals surface area contributed by atoms with Crippen molar-refractivity contribution in [3.8, 4) is 0 Å². The zero-order valence-corrected chi connectivity index (χ0v) is 14.8. The lowest BCUT2D eigenvalue weighted by molar-refractivity contribution is -0.147. The number of benzene rings is 1. The van der Waals surface area contributed by atoms with Gasteiger partial charge in [-0.3, -0.25) is 9.59 Å². The zero-order chi connectivity index (χ0) is 17.6. The van der Waals surface area contributed by atoms with Crippen LogP contribution in [0.5, 0.6) is 0 Å². The van der Waals surface area contributed by atoms with Gasteiger partial charge in [-0.2, -0.15) is 0 Å². The van der Waals surface area contributed by atoms with E-state index >= 15 is 0 Å². The van der Waals surface area contributed by atoms with E-state index in [1.165, 1.54) is 4.90 Å². The van der Waals surface area contributed by atoms with Crippen molar-refractivity contribution in [2.75, 3.05) is 13.1 Å². The highest BCUT2D eigenvalue weighted by molar-refractivity contribution is 9.10. The molecule has 1 N–H and O–H groups in total. The second kappa shape index (κ2) is 5.73. The van der Waals surface area contributed by atoms with Gasteiger partial charge in [0.1, 0.15) is 11.1 Å². The molecular weight excluding hydrogens is 378 g/mol. The van der Waals surface area contributed by atoms with Gasteiger partial charge in [0, 0.05) is 22.9 Å². The molecule has 0 radical (unpaired) electrons. The first-order chi connectivity index (χ1) is 11.2. The lowest BCUT2D eigenvalue weighted by Crippen LogP contribution is -2.37. The average molecular weight is 394 g/mol. The van der Waals surface area contributed by atoms with Gasteiger partial charge in [-0.1, -0.05) is 15.9 Å². The van der Waals surface area contributed by atoms with E-state index in [1.807, 2.05) is 0 Å². The molecule has 126 valence electrons. The minimum Gasteiger partial charge on any atom is -0.481 e. The summed E-state index contributed by atoms with van der Waals surface area (Å²) < 4.78 is 6.08. The van der Waals surface area contributed by atoms with Gasteiger partial charge in [-0.25, -0.2) is 4.79 Å². The zero-order valence-electron chi connectivity index (χ0n) is 13.3. The van der Waals surface area contributed by atoms with Crippen LogP contribution in [0.25, 0.3) is 11.0 Å². The molecule has 6 nitrogen and oxygen atoms in total. The van der Waals surface area contributed by atoms with Crippen LogP contribution in [0.2, 0.25) is 0 Å². The average Bonchev–Trinajstić information content (AvgIpc) is 2.92. The minimum atomic E-state index is -0.983. The summed E-state index contributed by atoms with van der Waals surface area (Å²) in [6.07, 6.45) is 0.359. The second-order valence-corrected chi connectivity index (χ2v) is 7.29. The van der Waals surface area contributed by atoms with E-state index in [0.29, 0.717) is 29.5 Å². The van der Waals surface area contributed by atoms with Crippen LogP contribution in [0, 0.1) is 12.3 Å². The van der Waals surface area contributed by atoms with Crippen molar-refractivity contribution in [3.63, 3.8) is 0 Å². The van der Waals surface area contributed by atoms with E-state index in [1.54, 1.807) is 32.0 Å². The number of carbonyl (C=O) groups is 2. The van der Waals surface area contributed by atoms with E-state index in [4.69, 9.17) is 4.42 Å². The number of amides is 1. The Kier molecular flexibility index (Phi) is 3.99. The van der Waals surface area contributed by atoms with Crippen LogP contribution in [0.3, 0.4) is 0 Å². The van der Waals surface area contributed by atoms with Crippen LogP contribution in [0.4, 0.5) is 0 Å². The number of fused-ring (bicyclic) bond motifs is 1. The van der Waals surface area contributed by atoms with Gasteiger partial charge in [0.25, 0.3) is 5.91 Å². The summed E-state index contributed by atoms with van der Waals surface area (Å²) >= 11 is 3.36. The molecule has 1 unspecified atom stereocenters. The third kappa shape index (κ3) is 2.62. The molecule has 1 amide bonds. The van der Waals surface area contributed by atoms with Gasteiger partial charge in [0.15, 0.2) is 0 Å². The Labute approximate surface area is 146 Å². The van der Waals surface area contributed by atoms with Gasteiger partial charge in [-0.15, -0.1) is 0 Å². The lowest BCUT2D eigenvalue weighted by atomic mass is 9.90. The molecule has 1 aliphatic heterocycles. The molecule has 7 heteroatoms. The predicted octanol–water partition coefficient (Wildman–Crippen LogP) is 2.80. The fraction of sp³-hybridized carbons (Fsp3) is 0.353. The molecule has 0 bridgehead atoms. The smallest absolute Gasteiger partial charge is 0.349 e. The number of hydrogen-bond acceptors (Lipinski definition) is 4. The topological polar surface area (TPSA) is 87.8 Å². The van der Waals surface area contributed by atoms with Gasteiger partial charge < -0.3 is 14.4 Å². The Morgan fingerprint density at radius 3 is 2.71 bits per heavy atom. The summed E-state index contributed by atoms with van der Waals surface area (Å²) in [5.74, 6) is -1.42. The Hall–Kier alpha value is -2.15. The van der Waals surface area contributed by atoms with Crippen molar-refractivity contribution in [2.45, 2.75) is 20.3 Å². The third-order valence-electron chi connectivity index (χ3n) is 4.62. The molecule has 24 heavy (non-hydrogen) atoms. The number of likely N-dealkylation sites (tertiary alicyclic amines) is 1. The summed E-state index contributed by atoms with van der Waals surface area (Å²) in [5.41, 5.74) is -0.763. The number of aliphatic carboxylic acids is 1. The normalized spacial score (nSPS) is 20.5. The molecule has 1 atom stereocenters. The summed E-state index contributed by atoms with van der Waals surface area (Å²) in [6, 6.07) is 5.21. The molecule has 1 saturated heterocycles. The molecule has 1 aliphatic rings. The Balaban J connectivity index is 2.05. The quantitative estimate of drug-likeness (QED) is 0.792. The van der Waals surface area contributed by atoms with E-state index < -0.39 is 22.9 Å². The molecule has 0 spiro atoms. The van der Waals surface area contributed by atoms with Crippen LogP contribution >= 0.6 is 15.9 Å². The molecule has 1 aromatic heterocycles. The van der Waals surface area contributed by atoms with E-state index in [2.05, 4.69) is 15.9 Å². The molecule has 2 heterocycles. The SMILES string of the molecule is Cc1c(C(=O)N2CCC(C)(C(=O)O)C2)c(=O)oc2ccc(Br)cc12. The molecule has 3 rings (SSSR count). The van der Waals surface area contributed by atoms with Gasteiger partial charge in [-0.05, 0) is 44.0 Å². The van der Waals surface area contributed by atoms with Crippen LogP contribution in [0.15, 0.2) is 31.9 Å². The van der Waals surface area contributed by atoms with Crippen molar-refractivity contribution in [1.29, 1.82) is 0 Å². The van der Waals surface area contributed by atoms with Crippen LogP contribution in [-0.2, 0) is 4.79 Å². The van der Waals surface area contributed by atoms with Crippen molar-refractivity contribution in [3.05, 3.63) is 44.2 Å². The number of halogens is 1. The maximum Gasteiger partial charge on any atom is 0.349 e. The van der Waals surface area contributed by atoms with Crippen LogP contribution in [-0.4, -0.2) is 35.0 Å². The number of hydrogen-bond donors (Lipinski definition) is 1. The summed E-state index contributed by atoms with van der Waals surface area (Å²) in [6.45, 7) is 3.69. The maximum atomic E-state index is 12.8. The largest absolute Gasteiger partial charge is 0.481 e. The molecule has 2 aromatic rings. The number of nitrogens with zero attached hydrogens (tertiary/aromatic N) is 1. The van der Waals surface area contributed by atoms with Crippen molar-refractivity contribution < 1.29 is 19.1 Å². The summed E-state index contributed by atoms with van der Waals surface area (Å²) in [7, 11) is 0. The summed E-state index contributed by atoms with van der Waals surface area (Å²) in [5, 5.41) is 9.97. The first kappa shape index (κ1) is 16.7. The van der Waals surface area contributed by atoms with Crippen LogP contribution in [0.1, 0.15) is 29.3 Å². The maximum absolute atomic E-state index is 12.8. The first-order valence-electron chi connectivity index (χ1n) is 7.48. The molecule has 0 saturated carbocycles. The second-order valence-electron chi connectivity index (χ2n) is 6.37. The fourth-order valence-electron chi connectivity index (χ4n) is 3.04. The van der Waals surface area contributed by atoms with Gasteiger partial charge >= 0.3 is 11.6 Å². The van der Waals surface area contributed by atoms with Crippen molar-refractivity contribution >= 4 is 38.8 Å². The molecule has 1 aromatic carbocycles. The minimum absolute atomic E-state index is 0.0322. The fourth-order valence-corrected chi connectivity index (χ4v) is 3.40. The predicted molar refractivity (Wildman–Crippen MR) is 91.2 cm³/mol. The molecule has 1 fully saturated rings.